The number of rotatable bonds is 9. The van der Waals surface area contributed by atoms with Crippen LogP contribution in [0.2, 0.25) is 0 Å². The Kier molecular flexibility index (Phi) is 8.51. The van der Waals surface area contributed by atoms with E-state index in [4.69, 9.17) is 11.1 Å². The molecule has 15 heteroatoms. The number of anilines is 1. The van der Waals surface area contributed by atoms with E-state index in [0.29, 0.717) is 39.1 Å². The van der Waals surface area contributed by atoms with Crippen molar-refractivity contribution in [1.29, 1.82) is 5.41 Å². The second-order valence-corrected chi connectivity index (χ2v) is 10.8. The number of nitrogens with zero attached hydrogens (tertiary/aromatic N) is 8. The second kappa shape index (κ2) is 13.0. The quantitative estimate of drug-likeness (QED) is 0.204. The summed E-state index contributed by atoms with van der Waals surface area (Å²) in [6, 6.07) is 7.54. The standard InChI is InChI=1S/C32H28FN11O3/c1-18-24(3-2-7-34)29(38-17-37-18)21-9-23(14-36-12-21)41-32(47)27-11-22(33)15-43(27)28(45)16-44-26-5-4-19(20-6-8-39-40-13-20)10-25(26)30(42-44)31(35)46/h2-10,12-14,17,22,27,34H,11,15-16H2,1H3,(H2,35,46)(H,41,47)/b3-2-,34-7?. The Labute approximate surface area is 267 Å². The van der Waals surface area contributed by atoms with Crippen LogP contribution in [0, 0.1) is 12.3 Å². The SMILES string of the molecule is Cc1ncnc(-c2cncc(NC(=O)C3CC(F)CN3C(=O)Cn3nc(C(N)=O)c4cc(-c5ccnnc5)ccc43)c2)c1/C=C\C=N. The monoisotopic (exact) mass is 633 g/mol. The molecule has 5 aromatic rings. The zero-order chi connectivity index (χ0) is 33.1. The van der Waals surface area contributed by atoms with Crippen LogP contribution < -0.4 is 11.1 Å². The van der Waals surface area contributed by atoms with Gasteiger partial charge in [0, 0.05) is 46.6 Å². The van der Waals surface area contributed by atoms with Crippen LogP contribution in [-0.4, -0.2) is 82.5 Å². The number of aromatic nitrogens is 7. The van der Waals surface area contributed by atoms with Crippen LogP contribution in [0.3, 0.4) is 0 Å². The molecule has 0 bridgehead atoms. The number of hydrogen-bond acceptors (Lipinski definition) is 10. The summed E-state index contributed by atoms with van der Waals surface area (Å²) in [6.07, 6.45) is 10.3. The van der Waals surface area contributed by atoms with Gasteiger partial charge in [-0.2, -0.15) is 15.3 Å². The van der Waals surface area contributed by atoms with Crippen molar-refractivity contribution in [3.8, 4) is 22.4 Å². The van der Waals surface area contributed by atoms with Crippen LogP contribution in [0.1, 0.15) is 28.2 Å². The summed E-state index contributed by atoms with van der Waals surface area (Å²) in [5.74, 6) is -1.92. The van der Waals surface area contributed by atoms with E-state index >= 15 is 0 Å². The van der Waals surface area contributed by atoms with Gasteiger partial charge in [-0.3, -0.25) is 24.0 Å². The molecule has 1 fully saturated rings. The van der Waals surface area contributed by atoms with Crippen LogP contribution in [0.5, 0.6) is 0 Å². The number of carbonyl (C=O) groups is 3. The molecule has 236 valence electrons. The molecule has 1 aliphatic rings. The number of allylic oxidation sites excluding steroid dienone is 1. The summed E-state index contributed by atoms with van der Waals surface area (Å²) >= 11 is 0. The van der Waals surface area contributed by atoms with Crippen molar-refractivity contribution in [2.45, 2.75) is 32.1 Å². The van der Waals surface area contributed by atoms with Gasteiger partial charge in [0.05, 0.1) is 42.0 Å². The van der Waals surface area contributed by atoms with Crippen LogP contribution in [-0.2, 0) is 16.1 Å². The van der Waals surface area contributed by atoms with Crippen molar-refractivity contribution in [2.24, 2.45) is 5.73 Å². The lowest BCUT2D eigenvalue weighted by atomic mass is 10.0. The topological polar surface area (TPSA) is 199 Å². The van der Waals surface area contributed by atoms with E-state index in [0.717, 1.165) is 17.3 Å². The number of primary amides is 1. The molecule has 0 spiro atoms. The molecule has 0 radical (unpaired) electrons. The first kappa shape index (κ1) is 30.8. The predicted molar refractivity (Wildman–Crippen MR) is 171 cm³/mol. The summed E-state index contributed by atoms with van der Waals surface area (Å²) in [4.78, 5) is 53.3. The fourth-order valence-corrected chi connectivity index (χ4v) is 5.57. The molecule has 5 heterocycles. The van der Waals surface area contributed by atoms with Gasteiger partial charge in [0.25, 0.3) is 5.91 Å². The van der Waals surface area contributed by atoms with E-state index in [1.807, 2.05) is 6.92 Å². The van der Waals surface area contributed by atoms with Crippen LogP contribution in [0.4, 0.5) is 10.1 Å². The first-order valence-corrected chi connectivity index (χ1v) is 14.5. The number of aryl methyl sites for hydroxylation is 1. The molecule has 2 atom stereocenters. The highest BCUT2D eigenvalue weighted by molar-refractivity contribution is 6.05. The number of amides is 3. The van der Waals surface area contributed by atoms with Gasteiger partial charge in [-0.05, 0) is 48.9 Å². The van der Waals surface area contributed by atoms with Gasteiger partial charge in [-0.15, -0.1) is 0 Å². The minimum Gasteiger partial charge on any atom is -0.364 e. The summed E-state index contributed by atoms with van der Waals surface area (Å²) < 4.78 is 16.1. The smallest absolute Gasteiger partial charge is 0.269 e. The molecule has 4 N–H and O–H groups in total. The number of alkyl halides is 1. The minimum absolute atomic E-state index is 0.0292. The third-order valence-electron chi connectivity index (χ3n) is 7.78. The summed E-state index contributed by atoms with van der Waals surface area (Å²) in [6.45, 7) is 1.18. The van der Waals surface area contributed by atoms with Crippen molar-refractivity contribution in [1.82, 2.24) is 39.8 Å². The summed E-state index contributed by atoms with van der Waals surface area (Å²) in [5, 5.41) is 22.5. The van der Waals surface area contributed by atoms with Gasteiger partial charge in [-0.25, -0.2) is 14.4 Å². The van der Waals surface area contributed by atoms with Gasteiger partial charge in [0.15, 0.2) is 5.69 Å². The third-order valence-corrected chi connectivity index (χ3v) is 7.78. The number of likely N-dealkylation sites (tertiary alicyclic amines) is 1. The molecule has 6 rings (SSSR count). The number of pyridine rings is 1. The average molecular weight is 634 g/mol. The molecule has 4 aromatic heterocycles. The molecule has 47 heavy (non-hydrogen) atoms. The van der Waals surface area contributed by atoms with E-state index in [-0.39, 0.29) is 25.2 Å². The maximum Gasteiger partial charge on any atom is 0.269 e. The van der Waals surface area contributed by atoms with Gasteiger partial charge >= 0.3 is 0 Å². The Morgan fingerprint density at radius 2 is 1.94 bits per heavy atom. The highest BCUT2D eigenvalue weighted by Crippen LogP contribution is 2.29. The van der Waals surface area contributed by atoms with Gasteiger partial charge in [0.1, 0.15) is 25.1 Å². The number of nitrogens with one attached hydrogen (secondary N) is 2. The first-order valence-electron chi connectivity index (χ1n) is 14.5. The number of fused-ring (bicyclic) bond motifs is 1. The molecule has 2 unspecified atom stereocenters. The Hall–Kier alpha value is -6.25. The van der Waals surface area contributed by atoms with Crippen molar-refractivity contribution in [2.75, 3.05) is 11.9 Å². The second-order valence-electron chi connectivity index (χ2n) is 10.8. The third kappa shape index (κ3) is 6.31. The maximum atomic E-state index is 14.7. The van der Waals surface area contributed by atoms with Crippen molar-refractivity contribution in [3.05, 3.63) is 84.5 Å². The summed E-state index contributed by atoms with van der Waals surface area (Å²) in [5.41, 5.74) is 10.4. The summed E-state index contributed by atoms with van der Waals surface area (Å²) in [7, 11) is 0. The van der Waals surface area contributed by atoms with Crippen molar-refractivity contribution >= 4 is 46.6 Å². The Morgan fingerprint density at radius 1 is 1.09 bits per heavy atom. The lowest BCUT2D eigenvalue weighted by molar-refractivity contribution is -0.137. The highest BCUT2D eigenvalue weighted by atomic mass is 19.1. The zero-order valence-electron chi connectivity index (χ0n) is 25.0. The number of hydrogen-bond donors (Lipinski definition) is 3. The van der Waals surface area contributed by atoms with Crippen LogP contribution in [0.25, 0.3) is 39.4 Å². The van der Waals surface area contributed by atoms with E-state index in [9.17, 15) is 18.8 Å². The molecule has 1 aliphatic heterocycles. The van der Waals surface area contributed by atoms with E-state index in [2.05, 4.69) is 35.6 Å². The van der Waals surface area contributed by atoms with E-state index in [1.165, 1.54) is 22.1 Å². The largest absolute Gasteiger partial charge is 0.364 e. The zero-order valence-corrected chi connectivity index (χ0v) is 25.0. The van der Waals surface area contributed by atoms with Crippen LogP contribution in [0.15, 0.2) is 67.5 Å². The highest BCUT2D eigenvalue weighted by Gasteiger charge is 2.40. The molecule has 14 nitrogen and oxygen atoms in total. The number of nitrogens with two attached hydrogens (primary N) is 1. The number of benzene rings is 1. The molecule has 1 aromatic carbocycles. The van der Waals surface area contributed by atoms with Gasteiger partial charge in [-0.1, -0.05) is 6.07 Å². The van der Waals surface area contributed by atoms with E-state index in [1.54, 1.807) is 61.1 Å². The molecule has 0 saturated carbocycles. The number of carbonyl (C=O) groups excluding carboxylic acids is 3. The molecular weight excluding hydrogens is 605 g/mol. The molecule has 0 aliphatic carbocycles. The van der Waals surface area contributed by atoms with Crippen molar-refractivity contribution < 1.29 is 18.8 Å². The Bertz CT molecular complexity index is 2050. The lowest BCUT2D eigenvalue weighted by Crippen LogP contribution is -2.44. The average Bonchev–Trinajstić information content (AvgIpc) is 3.65. The Morgan fingerprint density at radius 3 is 2.70 bits per heavy atom. The first-order chi connectivity index (χ1) is 22.7. The normalized spacial score (nSPS) is 16.1. The fourth-order valence-electron chi connectivity index (χ4n) is 5.57. The lowest BCUT2D eigenvalue weighted by Gasteiger charge is -2.23. The molecule has 3 amide bonds. The van der Waals surface area contributed by atoms with Crippen molar-refractivity contribution in [3.63, 3.8) is 0 Å². The minimum atomic E-state index is -1.42. The van der Waals surface area contributed by atoms with Crippen LogP contribution >= 0.6 is 0 Å². The van der Waals surface area contributed by atoms with Gasteiger partial charge < -0.3 is 21.4 Å². The fraction of sp³-hybridized carbons (Fsp3) is 0.188. The van der Waals surface area contributed by atoms with Gasteiger partial charge in [0.2, 0.25) is 11.8 Å². The Balaban J connectivity index is 1.23. The van der Waals surface area contributed by atoms with E-state index < -0.39 is 29.9 Å². The number of halogens is 1. The molecule has 1 saturated heterocycles. The predicted octanol–water partition coefficient (Wildman–Crippen LogP) is 2.99. The maximum absolute atomic E-state index is 14.7. The molecular formula is C32H28FN11O3.